The monoisotopic (exact) mass is 269 g/mol. The minimum atomic E-state index is -1.16. The van der Waals surface area contributed by atoms with E-state index < -0.39 is 11.8 Å². The van der Waals surface area contributed by atoms with E-state index in [2.05, 4.69) is 4.98 Å². The molecule has 0 spiro atoms. The Morgan fingerprint density at radius 3 is 2.60 bits per heavy atom. The number of carboxylic acids is 1. The summed E-state index contributed by atoms with van der Waals surface area (Å²) in [6.45, 7) is 0. The number of carbonyl (C=O) groups excluding carboxylic acids is 1. The summed E-state index contributed by atoms with van der Waals surface area (Å²) in [4.78, 5) is 26.8. The highest BCUT2D eigenvalue weighted by molar-refractivity contribution is 6.09. The van der Waals surface area contributed by atoms with Crippen molar-refractivity contribution in [1.29, 1.82) is 0 Å². The van der Waals surface area contributed by atoms with E-state index in [1.807, 2.05) is 0 Å². The lowest BCUT2D eigenvalue weighted by molar-refractivity contribution is 0.0697. The van der Waals surface area contributed by atoms with Gasteiger partial charge in [-0.2, -0.15) is 0 Å². The second-order valence-corrected chi connectivity index (χ2v) is 3.99. The van der Waals surface area contributed by atoms with Crippen LogP contribution in [0.3, 0.4) is 0 Å². The molecular formula is C15H11NO4. The van der Waals surface area contributed by atoms with Crippen LogP contribution >= 0.6 is 0 Å². The third kappa shape index (κ3) is 3.08. The molecule has 2 rings (SSSR count). The van der Waals surface area contributed by atoms with Crippen LogP contribution in [0, 0.1) is 0 Å². The van der Waals surface area contributed by atoms with Gasteiger partial charge in [-0.15, -0.1) is 0 Å². The predicted molar refractivity (Wildman–Crippen MR) is 72.7 cm³/mol. The molecule has 1 aromatic heterocycles. The van der Waals surface area contributed by atoms with Crippen LogP contribution in [0.2, 0.25) is 0 Å². The molecular weight excluding hydrogens is 258 g/mol. The molecule has 0 radical (unpaired) electrons. The number of allylic oxidation sites excluding steroid dienone is 1. The van der Waals surface area contributed by atoms with Gasteiger partial charge in [-0.25, -0.2) is 4.79 Å². The number of hydrogen-bond acceptors (Lipinski definition) is 4. The smallest absolute Gasteiger partial charge is 0.335 e. The number of benzene rings is 1. The van der Waals surface area contributed by atoms with Gasteiger partial charge < -0.3 is 10.2 Å². The van der Waals surface area contributed by atoms with Crippen LogP contribution in [-0.4, -0.2) is 26.9 Å². The van der Waals surface area contributed by atoms with Gasteiger partial charge in [-0.05, 0) is 42.5 Å². The number of phenolic OH excluding ortho intramolecular Hbond substituents is 1. The summed E-state index contributed by atoms with van der Waals surface area (Å²) < 4.78 is 0. The first-order valence-electron chi connectivity index (χ1n) is 5.77. The summed E-state index contributed by atoms with van der Waals surface area (Å²) in [5.74, 6) is -1.91. The maximum Gasteiger partial charge on any atom is 0.335 e. The molecule has 0 aliphatic carbocycles. The Morgan fingerprint density at radius 1 is 1.15 bits per heavy atom. The summed E-state index contributed by atoms with van der Waals surface area (Å²) in [5.41, 5.74) is 0.476. The van der Waals surface area contributed by atoms with Crippen LogP contribution in [-0.2, 0) is 0 Å². The van der Waals surface area contributed by atoms with E-state index in [4.69, 9.17) is 5.11 Å². The fourth-order valence-corrected chi connectivity index (χ4v) is 1.59. The molecule has 0 aliphatic rings. The van der Waals surface area contributed by atoms with Crippen molar-refractivity contribution >= 4 is 17.8 Å². The highest BCUT2D eigenvalue weighted by Gasteiger charge is 2.12. The van der Waals surface area contributed by atoms with E-state index in [0.29, 0.717) is 5.69 Å². The number of aromatic carboxylic acids is 1. The van der Waals surface area contributed by atoms with Crippen molar-refractivity contribution in [3.8, 4) is 5.75 Å². The Labute approximate surface area is 114 Å². The van der Waals surface area contributed by atoms with Crippen LogP contribution < -0.4 is 0 Å². The molecule has 1 aromatic carbocycles. The number of carbonyl (C=O) groups is 2. The van der Waals surface area contributed by atoms with Gasteiger partial charge in [0, 0.05) is 6.20 Å². The zero-order chi connectivity index (χ0) is 14.5. The number of nitrogens with zero attached hydrogens (tertiary/aromatic N) is 1. The van der Waals surface area contributed by atoms with Crippen LogP contribution in [0.25, 0.3) is 6.08 Å². The number of phenols is 1. The Hall–Kier alpha value is -2.95. The molecule has 5 heteroatoms. The molecule has 0 saturated heterocycles. The Morgan fingerprint density at radius 2 is 1.95 bits per heavy atom. The molecule has 0 amide bonds. The van der Waals surface area contributed by atoms with Crippen LogP contribution in [0.5, 0.6) is 5.75 Å². The minimum Gasteiger partial charge on any atom is -0.507 e. The molecule has 100 valence electrons. The second kappa shape index (κ2) is 5.79. The van der Waals surface area contributed by atoms with Crippen molar-refractivity contribution in [3.05, 3.63) is 65.5 Å². The van der Waals surface area contributed by atoms with Crippen molar-refractivity contribution in [2.75, 3.05) is 0 Å². The van der Waals surface area contributed by atoms with Gasteiger partial charge >= 0.3 is 5.97 Å². The molecule has 0 saturated carbocycles. The van der Waals surface area contributed by atoms with Crippen molar-refractivity contribution in [1.82, 2.24) is 4.98 Å². The molecule has 0 unspecified atom stereocenters. The average molecular weight is 269 g/mol. The Bertz CT molecular complexity index is 678. The summed E-state index contributed by atoms with van der Waals surface area (Å²) in [6.07, 6.45) is 4.32. The summed E-state index contributed by atoms with van der Waals surface area (Å²) in [7, 11) is 0. The molecule has 5 nitrogen and oxygen atoms in total. The number of rotatable bonds is 4. The molecule has 1 heterocycles. The van der Waals surface area contributed by atoms with Gasteiger partial charge in [0.2, 0.25) is 0 Å². The van der Waals surface area contributed by atoms with E-state index in [0.717, 1.165) is 6.07 Å². The predicted octanol–water partition coefficient (Wildman–Crippen LogP) is 2.38. The highest BCUT2D eigenvalue weighted by atomic mass is 16.4. The maximum absolute atomic E-state index is 11.9. The summed E-state index contributed by atoms with van der Waals surface area (Å²) in [6, 6.07) is 8.81. The fourth-order valence-electron chi connectivity index (χ4n) is 1.59. The minimum absolute atomic E-state index is 0.0580. The molecule has 2 N–H and O–H groups in total. The van der Waals surface area contributed by atoms with E-state index in [-0.39, 0.29) is 16.9 Å². The van der Waals surface area contributed by atoms with E-state index in [9.17, 15) is 14.7 Å². The first-order chi connectivity index (χ1) is 9.58. The molecule has 0 fully saturated rings. The number of aromatic hydroxyl groups is 1. The zero-order valence-electron chi connectivity index (χ0n) is 10.4. The van der Waals surface area contributed by atoms with Crippen molar-refractivity contribution in [2.24, 2.45) is 0 Å². The first-order valence-corrected chi connectivity index (χ1v) is 5.77. The average Bonchev–Trinajstić information content (AvgIpc) is 2.46. The largest absolute Gasteiger partial charge is 0.507 e. The van der Waals surface area contributed by atoms with E-state index >= 15 is 0 Å². The number of pyridine rings is 1. The van der Waals surface area contributed by atoms with Gasteiger partial charge in [-0.1, -0.05) is 6.07 Å². The fraction of sp³-hybridized carbons (Fsp3) is 0. The molecule has 20 heavy (non-hydrogen) atoms. The van der Waals surface area contributed by atoms with E-state index in [1.165, 1.54) is 24.3 Å². The third-order valence-electron chi connectivity index (χ3n) is 2.60. The SMILES string of the molecule is O=C(O)c1ccc(O)c(C(=O)/C=C/c2ccccn2)c1. The second-order valence-electron chi connectivity index (χ2n) is 3.99. The van der Waals surface area contributed by atoms with Crippen molar-refractivity contribution in [3.63, 3.8) is 0 Å². The molecule has 0 atom stereocenters. The normalized spacial score (nSPS) is 10.6. The number of carboxylic acid groups (broad SMARTS) is 1. The van der Waals surface area contributed by atoms with Gasteiger partial charge in [0.05, 0.1) is 16.8 Å². The summed E-state index contributed by atoms with van der Waals surface area (Å²) >= 11 is 0. The molecule has 0 bridgehead atoms. The lowest BCUT2D eigenvalue weighted by Crippen LogP contribution is -2.01. The first kappa shape index (κ1) is 13.5. The number of ketones is 1. The quantitative estimate of drug-likeness (QED) is 0.657. The lowest BCUT2D eigenvalue weighted by atomic mass is 10.1. The molecule has 0 aliphatic heterocycles. The van der Waals surface area contributed by atoms with Crippen LogP contribution in [0.1, 0.15) is 26.4 Å². The Balaban J connectivity index is 2.27. The maximum atomic E-state index is 11.9. The highest BCUT2D eigenvalue weighted by Crippen LogP contribution is 2.20. The standard InChI is InChI=1S/C15H11NO4/c17-13-6-4-10(15(19)20)9-12(13)14(18)7-5-11-3-1-2-8-16-11/h1-9,17H,(H,19,20)/b7-5+. The van der Waals surface area contributed by atoms with E-state index in [1.54, 1.807) is 24.4 Å². The van der Waals surface area contributed by atoms with Crippen molar-refractivity contribution in [2.45, 2.75) is 0 Å². The van der Waals surface area contributed by atoms with Gasteiger partial charge in [0.15, 0.2) is 5.78 Å². The summed E-state index contributed by atoms with van der Waals surface area (Å²) in [5, 5.41) is 18.5. The topological polar surface area (TPSA) is 87.5 Å². The molecule has 2 aromatic rings. The van der Waals surface area contributed by atoms with Gasteiger partial charge in [-0.3, -0.25) is 9.78 Å². The van der Waals surface area contributed by atoms with Gasteiger partial charge in [0.25, 0.3) is 0 Å². The lowest BCUT2D eigenvalue weighted by Gasteiger charge is -2.02. The van der Waals surface area contributed by atoms with Crippen LogP contribution in [0.15, 0.2) is 48.7 Å². The third-order valence-corrected chi connectivity index (χ3v) is 2.60. The number of hydrogen-bond donors (Lipinski definition) is 2. The van der Waals surface area contributed by atoms with Gasteiger partial charge in [0.1, 0.15) is 5.75 Å². The Kier molecular flexibility index (Phi) is 3.91. The van der Waals surface area contributed by atoms with Crippen molar-refractivity contribution < 1.29 is 19.8 Å². The number of aromatic nitrogens is 1. The zero-order valence-corrected chi connectivity index (χ0v) is 10.4. The van der Waals surface area contributed by atoms with Crippen LogP contribution in [0.4, 0.5) is 0 Å².